The van der Waals surface area contributed by atoms with E-state index >= 15 is 0 Å². The van der Waals surface area contributed by atoms with Crippen LogP contribution >= 0.6 is 11.3 Å². The number of halogens is 5. The standard InChI is InChI=1S/C6H6F5N3S/c1-2(12)3-13-14-4(15-3)5(7,8)6(9,10)11/h2H,12H2,1H3. The first-order valence-electron chi connectivity index (χ1n) is 3.70. The van der Waals surface area contributed by atoms with Crippen LogP contribution in [0.5, 0.6) is 0 Å². The van der Waals surface area contributed by atoms with E-state index in [0.29, 0.717) is 0 Å². The molecule has 0 saturated heterocycles. The first kappa shape index (κ1) is 12.2. The van der Waals surface area contributed by atoms with E-state index in [9.17, 15) is 22.0 Å². The number of hydrogen-bond donors (Lipinski definition) is 1. The van der Waals surface area contributed by atoms with Crippen molar-refractivity contribution in [2.75, 3.05) is 0 Å². The van der Waals surface area contributed by atoms with Crippen LogP contribution in [0.3, 0.4) is 0 Å². The summed E-state index contributed by atoms with van der Waals surface area (Å²) < 4.78 is 61.0. The highest BCUT2D eigenvalue weighted by Gasteiger charge is 2.61. The molecule has 0 amide bonds. The van der Waals surface area contributed by atoms with Crippen molar-refractivity contribution < 1.29 is 22.0 Å². The Morgan fingerprint density at radius 1 is 1.20 bits per heavy atom. The average molecular weight is 247 g/mol. The molecule has 3 nitrogen and oxygen atoms in total. The number of hydrogen-bond acceptors (Lipinski definition) is 4. The normalized spacial score (nSPS) is 15.4. The summed E-state index contributed by atoms with van der Waals surface area (Å²) in [5.74, 6) is -4.97. The largest absolute Gasteiger partial charge is 0.460 e. The summed E-state index contributed by atoms with van der Waals surface area (Å²) in [6.45, 7) is 1.41. The second kappa shape index (κ2) is 3.63. The summed E-state index contributed by atoms with van der Waals surface area (Å²) in [6.07, 6.45) is -5.67. The number of nitrogens with zero attached hydrogens (tertiary/aromatic N) is 2. The Morgan fingerprint density at radius 3 is 2.07 bits per heavy atom. The van der Waals surface area contributed by atoms with E-state index in [0.717, 1.165) is 0 Å². The molecule has 15 heavy (non-hydrogen) atoms. The van der Waals surface area contributed by atoms with Crippen molar-refractivity contribution in [3.63, 3.8) is 0 Å². The van der Waals surface area contributed by atoms with Crippen LogP contribution in [0.25, 0.3) is 0 Å². The fraction of sp³-hybridized carbons (Fsp3) is 0.667. The van der Waals surface area contributed by atoms with Crippen LogP contribution in [0.2, 0.25) is 0 Å². The van der Waals surface area contributed by atoms with Gasteiger partial charge in [-0.15, -0.1) is 10.2 Å². The zero-order valence-electron chi connectivity index (χ0n) is 7.35. The van der Waals surface area contributed by atoms with Crippen LogP contribution in [-0.4, -0.2) is 16.4 Å². The van der Waals surface area contributed by atoms with E-state index in [1.807, 2.05) is 0 Å². The molecule has 2 N–H and O–H groups in total. The van der Waals surface area contributed by atoms with Gasteiger partial charge < -0.3 is 5.73 Å². The summed E-state index contributed by atoms with van der Waals surface area (Å²) in [5, 5.41) is 4.51. The second-order valence-electron chi connectivity index (χ2n) is 2.81. The first-order chi connectivity index (χ1) is 6.66. The Balaban J connectivity index is 3.06. The maximum atomic E-state index is 12.7. The van der Waals surface area contributed by atoms with Crippen LogP contribution in [0.1, 0.15) is 23.0 Å². The quantitative estimate of drug-likeness (QED) is 0.815. The molecule has 0 aliphatic rings. The highest BCUT2D eigenvalue weighted by Crippen LogP contribution is 2.44. The molecule has 0 aromatic carbocycles. The van der Waals surface area contributed by atoms with Crippen molar-refractivity contribution in [3.8, 4) is 0 Å². The van der Waals surface area contributed by atoms with Crippen molar-refractivity contribution in [2.24, 2.45) is 5.73 Å². The molecule has 0 bridgehead atoms. The maximum Gasteiger partial charge on any atom is 0.460 e. The lowest BCUT2D eigenvalue weighted by Gasteiger charge is -2.15. The molecule has 1 heterocycles. The van der Waals surface area contributed by atoms with Crippen molar-refractivity contribution in [1.82, 2.24) is 10.2 Å². The van der Waals surface area contributed by atoms with Gasteiger partial charge in [0.15, 0.2) is 5.01 Å². The van der Waals surface area contributed by atoms with E-state index in [1.54, 1.807) is 0 Å². The Hall–Kier alpha value is -0.830. The second-order valence-corrected chi connectivity index (χ2v) is 3.82. The monoisotopic (exact) mass is 247 g/mol. The predicted octanol–water partition coefficient (Wildman–Crippen LogP) is 2.21. The van der Waals surface area contributed by atoms with Gasteiger partial charge in [-0.3, -0.25) is 0 Å². The van der Waals surface area contributed by atoms with E-state index in [-0.39, 0.29) is 16.3 Å². The van der Waals surface area contributed by atoms with Crippen LogP contribution in [0, 0.1) is 0 Å². The lowest BCUT2D eigenvalue weighted by Crippen LogP contribution is -2.33. The summed E-state index contributed by atoms with van der Waals surface area (Å²) in [5.41, 5.74) is 5.26. The topological polar surface area (TPSA) is 51.8 Å². The smallest absolute Gasteiger partial charge is 0.322 e. The third-order valence-electron chi connectivity index (χ3n) is 1.45. The van der Waals surface area contributed by atoms with Gasteiger partial charge in [0.05, 0.1) is 6.04 Å². The minimum atomic E-state index is -5.67. The van der Waals surface area contributed by atoms with Crippen molar-refractivity contribution in [3.05, 3.63) is 10.0 Å². The molecular weight excluding hydrogens is 241 g/mol. The SMILES string of the molecule is CC(N)c1nnc(C(F)(F)C(F)(F)F)s1. The zero-order chi connectivity index (χ0) is 11.9. The van der Waals surface area contributed by atoms with Crippen LogP contribution < -0.4 is 5.73 Å². The number of rotatable bonds is 2. The molecule has 1 unspecified atom stereocenters. The molecule has 0 aliphatic heterocycles. The van der Waals surface area contributed by atoms with Crippen molar-refractivity contribution >= 4 is 11.3 Å². The Morgan fingerprint density at radius 2 is 1.73 bits per heavy atom. The molecule has 1 aromatic heterocycles. The van der Waals surface area contributed by atoms with Gasteiger partial charge in [0, 0.05) is 0 Å². The van der Waals surface area contributed by atoms with Crippen molar-refractivity contribution in [1.29, 1.82) is 0 Å². The molecule has 86 valence electrons. The third-order valence-corrected chi connectivity index (χ3v) is 2.65. The summed E-state index contributed by atoms with van der Waals surface area (Å²) in [4.78, 5) is 0. The number of alkyl halides is 5. The molecule has 0 spiro atoms. The molecule has 0 saturated carbocycles. The molecule has 1 atom stereocenters. The molecular formula is C6H6F5N3S. The molecule has 9 heteroatoms. The number of nitrogens with two attached hydrogens (primary N) is 1. The van der Waals surface area contributed by atoms with Crippen LogP contribution in [0.15, 0.2) is 0 Å². The van der Waals surface area contributed by atoms with E-state index in [1.165, 1.54) is 6.92 Å². The third kappa shape index (κ3) is 2.23. The van der Waals surface area contributed by atoms with Gasteiger partial charge in [-0.05, 0) is 6.92 Å². The maximum absolute atomic E-state index is 12.7. The average Bonchev–Trinajstić information content (AvgIpc) is 2.49. The fourth-order valence-corrected chi connectivity index (χ4v) is 1.46. The Kier molecular flexibility index (Phi) is 2.97. The Bertz CT molecular complexity index is 345. The van der Waals surface area contributed by atoms with Gasteiger partial charge in [-0.25, -0.2) is 0 Å². The van der Waals surface area contributed by atoms with Gasteiger partial charge in [-0.1, -0.05) is 11.3 Å². The number of aromatic nitrogens is 2. The lowest BCUT2D eigenvalue weighted by molar-refractivity contribution is -0.289. The van der Waals surface area contributed by atoms with E-state index in [2.05, 4.69) is 10.2 Å². The first-order valence-corrected chi connectivity index (χ1v) is 4.52. The minimum absolute atomic E-state index is 0.0612. The fourth-order valence-electron chi connectivity index (χ4n) is 0.667. The van der Waals surface area contributed by atoms with Gasteiger partial charge in [0.25, 0.3) is 0 Å². The summed E-state index contributed by atoms with van der Waals surface area (Å²) >= 11 is 0.158. The van der Waals surface area contributed by atoms with E-state index in [4.69, 9.17) is 5.73 Å². The van der Waals surface area contributed by atoms with Crippen LogP contribution in [0.4, 0.5) is 22.0 Å². The zero-order valence-corrected chi connectivity index (χ0v) is 8.16. The van der Waals surface area contributed by atoms with Gasteiger partial charge in [0.2, 0.25) is 0 Å². The molecule has 0 fully saturated rings. The summed E-state index contributed by atoms with van der Waals surface area (Å²) in [7, 11) is 0. The highest BCUT2D eigenvalue weighted by atomic mass is 32.1. The Labute approximate surface area is 85.1 Å². The predicted molar refractivity (Wildman–Crippen MR) is 42.5 cm³/mol. The highest BCUT2D eigenvalue weighted by molar-refractivity contribution is 7.11. The molecule has 0 radical (unpaired) electrons. The van der Waals surface area contributed by atoms with Gasteiger partial charge >= 0.3 is 12.1 Å². The molecule has 1 rings (SSSR count). The van der Waals surface area contributed by atoms with Crippen LogP contribution in [-0.2, 0) is 5.92 Å². The minimum Gasteiger partial charge on any atom is -0.322 e. The molecule has 1 aromatic rings. The van der Waals surface area contributed by atoms with Gasteiger partial charge in [0.1, 0.15) is 5.01 Å². The van der Waals surface area contributed by atoms with Gasteiger partial charge in [-0.2, -0.15) is 22.0 Å². The van der Waals surface area contributed by atoms with Crippen molar-refractivity contribution in [2.45, 2.75) is 25.1 Å². The summed E-state index contributed by atoms with van der Waals surface area (Å²) in [6, 6.07) is -0.722. The van der Waals surface area contributed by atoms with E-state index < -0.39 is 23.1 Å². The molecule has 0 aliphatic carbocycles. The lowest BCUT2D eigenvalue weighted by atomic mass is 10.3.